The molecule has 0 saturated heterocycles. The topological polar surface area (TPSA) is 116 Å². The van der Waals surface area contributed by atoms with Gasteiger partial charge in [-0.1, -0.05) is 32.5 Å². The van der Waals surface area contributed by atoms with E-state index in [0.717, 1.165) is 34.5 Å². The molecule has 2 aromatic heterocycles. The van der Waals surface area contributed by atoms with Crippen molar-refractivity contribution in [2.75, 3.05) is 24.3 Å². The average Bonchev–Trinajstić information content (AvgIpc) is 3.22. The van der Waals surface area contributed by atoms with E-state index in [4.69, 9.17) is 9.47 Å². The van der Waals surface area contributed by atoms with Gasteiger partial charge in [0.1, 0.15) is 21.9 Å². The van der Waals surface area contributed by atoms with E-state index < -0.39 is 4.92 Å². The number of nitrogens with one attached hydrogen (secondary N) is 1. The molecule has 37 heavy (non-hydrogen) atoms. The first-order chi connectivity index (χ1) is 17.6. The number of carbonyl (C=O) groups excluding carboxylic acids is 1. The van der Waals surface area contributed by atoms with Crippen molar-refractivity contribution in [1.29, 1.82) is 0 Å². The smallest absolute Gasteiger partial charge is 0.314 e. The van der Waals surface area contributed by atoms with Gasteiger partial charge in [-0.05, 0) is 50.0 Å². The number of fused-ring (bicyclic) bond motifs is 3. The molecule has 0 saturated carbocycles. The van der Waals surface area contributed by atoms with Crippen molar-refractivity contribution in [3.05, 3.63) is 39.0 Å². The van der Waals surface area contributed by atoms with Crippen LogP contribution in [-0.4, -0.2) is 39.8 Å². The zero-order chi connectivity index (χ0) is 26.7. The zero-order valence-electron chi connectivity index (χ0n) is 21.8. The molecule has 1 atom stereocenters. The minimum atomic E-state index is -0.527. The average molecular weight is 545 g/mol. The van der Waals surface area contributed by atoms with Crippen molar-refractivity contribution in [3.8, 4) is 11.5 Å². The number of benzene rings is 1. The van der Waals surface area contributed by atoms with Crippen molar-refractivity contribution in [1.82, 2.24) is 9.97 Å². The number of ether oxygens (including phenoxy) is 2. The van der Waals surface area contributed by atoms with E-state index in [1.165, 1.54) is 34.3 Å². The number of nitro benzene ring substituents is 1. The number of thiophene rings is 1. The van der Waals surface area contributed by atoms with E-state index in [-0.39, 0.29) is 40.9 Å². The van der Waals surface area contributed by atoms with Gasteiger partial charge in [-0.2, -0.15) is 0 Å². The summed E-state index contributed by atoms with van der Waals surface area (Å²) in [5, 5.41) is 16.2. The molecule has 1 aliphatic carbocycles. The second-order valence-corrected chi connectivity index (χ2v) is 12.0. The van der Waals surface area contributed by atoms with Gasteiger partial charge in [0, 0.05) is 16.3 Å². The Labute approximate surface area is 224 Å². The van der Waals surface area contributed by atoms with Gasteiger partial charge in [0.05, 0.1) is 35.6 Å². The summed E-state index contributed by atoms with van der Waals surface area (Å²) in [5.74, 6) is 0.778. The fourth-order valence-electron chi connectivity index (χ4n) is 4.59. The van der Waals surface area contributed by atoms with Crippen molar-refractivity contribution in [2.24, 2.45) is 11.3 Å². The van der Waals surface area contributed by atoms with Crippen LogP contribution < -0.4 is 14.8 Å². The van der Waals surface area contributed by atoms with Crippen molar-refractivity contribution in [3.63, 3.8) is 0 Å². The molecule has 0 unspecified atom stereocenters. The van der Waals surface area contributed by atoms with Crippen LogP contribution in [0.4, 0.5) is 11.4 Å². The Morgan fingerprint density at radius 2 is 1.95 bits per heavy atom. The highest BCUT2D eigenvalue weighted by Crippen LogP contribution is 2.45. The Morgan fingerprint density at radius 3 is 2.62 bits per heavy atom. The molecule has 1 aromatic carbocycles. The van der Waals surface area contributed by atoms with Gasteiger partial charge in [0.15, 0.2) is 5.75 Å². The molecule has 0 spiro atoms. The lowest BCUT2D eigenvalue weighted by atomic mass is 9.72. The fourth-order valence-corrected chi connectivity index (χ4v) is 6.74. The van der Waals surface area contributed by atoms with Crippen molar-refractivity contribution >= 4 is 50.6 Å². The van der Waals surface area contributed by atoms with Gasteiger partial charge in [0.25, 0.3) is 0 Å². The Balaban J connectivity index is 1.53. The quantitative estimate of drug-likeness (QED) is 0.145. The molecule has 9 nitrogen and oxygen atoms in total. The molecule has 11 heteroatoms. The molecular formula is C26H32N4O5S2. The zero-order valence-corrected chi connectivity index (χ0v) is 23.4. The maximum atomic E-state index is 12.9. The van der Waals surface area contributed by atoms with E-state index in [1.807, 2.05) is 0 Å². The summed E-state index contributed by atoms with van der Waals surface area (Å²) in [6, 6.07) is 2.73. The predicted molar refractivity (Wildman–Crippen MR) is 147 cm³/mol. The van der Waals surface area contributed by atoms with Crippen LogP contribution in [0.1, 0.15) is 51.5 Å². The highest BCUT2D eigenvalue weighted by molar-refractivity contribution is 8.00. The summed E-state index contributed by atoms with van der Waals surface area (Å²) in [4.78, 5) is 35.3. The van der Waals surface area contributed by atoms with Crippen LogP contribution in [-0.2, 0) is 17.6 Å². The number of aromatic nitrogens is 2. The molecule has 0 bridgehead atoms. The Morgan fingerprint density at radius 1 is 1.22 bits per heavy atom. The molecule has 1 aliphatic rings. The van der Waals surface area contributed by atoms with Gasteiger partial charge >= 0.3 is 5.69 Å². The number of anilines is 1. The van der Waals surface area contributed by atoms with Crippen molar-refractivity contribution in [2.45, 2.75) is 58.9 Å². The van der Waals surface area contributed by atoms with Gasteiger partial charge in [0.2, 0.25) is 5.91 Å². The molecule has 0 aliphatic heterocycles. The van der Waals surface area contributed by atoms with Crippen LogP contribution >= 0.6 is 23.1 Å². The van der Waals surface area contributed by atoms with Gasteiger partial charge in [-0.3, -0.25) is 14.9 Å². The van der Waals surface area contributed by atoms with E-state index in [0.29, 0.717) is 18.2 Å². The standard InChI is InChI=1S/C26H32N4O5S2/c1-6-34-19-12-18(30(32)33)20(35-7-2)11-17(19)29-22(31)13-36-24-23-16-9-8-15(26(3,4)5)10-21(16)37-25(23)28-14-27-24/h11-12,14-15H,6-10,13H2,1-5H3,(H,29,31)/t15-/m1/s1. The number of nitro groups is 1. The maximum Gasteiger partial charge on any atom is 0.314 e. The molecule has 198 valence electrons. The fraction of sp³-hybridized carbons (Fsp3) is 0.500. The van der Waals surface area contributed by atoms with Crippen LogP contribution in [0.15, 0.2) is 23.5 Å². The predicted octanol–water partition coefficient (Wildman–Crippen LogP) is 6.28. The van der Waals surface area contributed by atoms with E-state index in [9.17, 15) is 14.9 Å². The lowest BCUT2D eigenvalue weighted by Crippen LogP contribution is -2.26. The van der Waals surface area contributed by atoms with Crippen LogP contribution in [0.5, 0.6) is 11.5 Å². The Bertz CT molecular complexity index is 1320. The number of thioether (sulfide) groups is 1. The number of carbonyl (C=O) groups is 1. The summed E-state index contributed by atoms with van der Waals surface area (Å²) >= 11 is 3.10. The first-order valence-corrected chi connectivity index (χ1v) is 14.2. The monoisotopic (exact) mass is 544 g/mol. The summed E-state index contributed by atoms with van der Waals surface area (Å²) in [6.07, 6.45) is 4.73. The molecule has 3 aromatic rings. The lowest BCUT2D eigenvalue weighted by molar-refractivity contribution is -0.385. The maximum absolute atomic E-state index is 12.9. The molecule has 4 rings (SSSR count). The van der Waals surface area contributed by atoms with E-state index >= 15 is 0 Å². The first kappa shape index (κ1) is 27.1. The van der Waals surface area contributed by atoms with Crippen LogP contribution in [0, 0.1) is 21.4 Å². The third kappa shape index (κ3) is 5.98. The second-order valence-electron chi connectivity index (χ2n) is 9.94. The largest absolute Gasteiger partial charge is 0.491 e. The van der Waals surface area contributed by atoms with Gasteiger partial charge < -0.3 is 14.8 Å². The molecule has 2 heterocycles. The molecular weight excluding hydrogens is 512 g/mol. The number of nitrogens with zero attached hydrogens (tertiary/aromatic N) is 3. The molecule has 0 fully saturated rings. The summed E-state index contributed by atoms with van der Waals surface area (Å²) in [7, 11) is 0. The highest BCUT2D eigenvalue weighted by Gasteiger charge is 2.32. The number of hydrogen-bond acceptors (Lipinski definition) is 9. The van der Waals surface area contributed by atoms with Crippen LogP contribution in [0.3, 0.4) is 0 Å². The SMILES string of the molecule is CCOc1cc([N+](=O)[O-])c(OCC)cc1NC(=O)CSc1ncnc2sc3c(c12)CC[C@@H](C(C)(C)C)C3. The second kappa shape index (κ2) is 11.2. The summed E-state index contributed by atoms with van der Waals surface area (Å²) < 4.78 is 11.0. The minimum Gasteiger partial charge on any atom is -0.491 e. The van der Waals surface area contributed by atoms with Gasteiger partial charge in [-0.15, -0.1) is 11.3 Å². The number of aryl methyl sites for hydroxylation is 1. The third-order valence-corrected chi connectivity index (χ3v) is 8.66. The Kier molecular flexibility index (Phi) is 8.23. The first-order valence-electron chi connectivity index (χ1n) is 12.4. The van der Waals surface area contributed by atoms with Crippen LogP contribution in [0.25, 0.3) is 10.2 Å². The molecule has 1 N–H and O–H groups in total. The summed E-state index contributed by atoms with van der Waals surface area (Å²) in [5.41, 5.74) is 1.70. The molecule has 1 amide bonds. The normalized spacial score (nSPS) is 15.3. The Hall–Kier alpha value is -2.92. The molecule has 0 radical (unpaired) electrons. The highest BCUT2D eigenvalue weighted by atomic mass is 32.2. The minimum absolute atomic E-state index is 0.0786. The summed E-state index contributed by atoms with van der Waals surface area (Å²) in [6.45, 7) is 11.0. The van der Waals surface area contributed by atoms with Crippen molar-refractivity contribution < 1.29 is 19.2 Å². The number of amides is 1. The third-order valence-electron chi connectivity index (χ3n) is 6.51. The van der Waals surface area contributed by atoms with E-state index in [2.05, 4.69) is 36.1 Å². The lowest BCUT2D eigenvalue weighted by Gasteiger charge is -2.33. The van der Waals surface area contributed by atoms with Gasteiger partial charge in [-0.25, -0.2) is 9.97 Å². The number of hydrogen-bond donors (Lipinski definition) is 1. The van der Waals surface area contributed by atoms with E-state index in [1.54, 1.807) is 31.5 Å². The van der Waals surface area contributed by atoms with Crippen LogP contribution in [0.2, 0.25) is 0 Å². The number of rotatable bonds is 9.